The van der Waals surface area contributed by atoms with Gasteiger partial charge in [0.25, 0.3) is 0 Å². The molecule has 3 rings (SSSR count). The van der Waals surface area contributed by atoms with Crippen LogP contribution in [0.25, 0.3) is 10.8 Å². The van der Waals surface area contributed by atoms with Gasteiger partial charge in [-0.05, 0) is 46.9 Å². The fourth-order valence-electron chi connectivity index (χ4n) is 3.17. The highest BCUT2D eigenvalue weighted by Crippen LogP contribution is 2.16. The SMILES string of the molecule is Cc1ccc(C[C@H](NC(=O)Cc2ccc3ccccc3c2)C(N)=O)cc1C. The molecule has 0 saturated heterocycles. The lowest BCUT2D eigenvalue weighted by atomic mass is 10.00. The van der Waals surface area contributed by atoms with Crippen molar-refractivity contribution in [3.8, 4) is 0 Å². The van der Waals surface area contributed by atoms with Gasteiger partial charge in [-0.2, -0.15) is 0 Å². The predicted molar refractivity (Wildman–Crippen MR) is 108 cm³/mol. The van der Waals surface area contributed by atoms with Gasteiger partial charge < -0.3 is 11.1 Å². The molecule has 0 spiro atoms. The molecule has 0 aliphatic heterocycles. The molecule has 0 unspecified atom stereocenters. The van der Waals surface area contributed by atoms with Gasteiger partial charge in [-0.25, -0.2) is 0 Å². The second-order valence-corrected chi connectivity index (χ2v) is 7.00. The van der Waals surface area contributed by atoms with Gasteiger partial charge in [-0.15, -0.1) is 0 Å². The number of aryl methyl sites for hydroxylation is 2. The maximum Gasteiger partial charge on any atom is 0.240 e. The zero-order chi connectivity index (χ0) is 19.4. The van der Waals surface area contributed by atoms with Crippen molar-refractivity contribution < 1.29 is 9.59 Å². The van der Waals surface area contributed by atoms with E-state index in [9.17, 15) is 9.59 Å². The van der Waals surface area contributed by atoms with Crippen molar-refractivity contribution in [3.63, 3.8) is 0 Å². The Morgan fingerprint density at radius 1 is 0.889 bits per heavy atom. The summed E-state index contributed by atoms with van der Waals surface area (Å²) in [4.78, 5) is 24.3. The number of fused-ring (bicyclic) bond motifs is 1. The second-order valence-electron chi connectivity index (χ2n) is 7.00. The van der Waals surface area contributed by atoms with Crippen LogP contribution in [0.2, 0.25) is 0 Å². The van der Waals surface area contributed by atoms with Crippen molar-refractivity contribution in [2.45, 2.75) is 32.7 Å². The Morgan fingerprint density at radius 2 is 1.59 bits per heavy atom. The third kappa shape index (κ3) is 4.73. The first-order valence-electron chi connectivity index (χ1n) is 9.05. The van der Waals surface area contributed by atoms with Gasteiger partial charge in [0, 0.05) is 6.42 Å². The predicted octanol–water partition coefficient (Wildman–Crippen LogP) is 3.21. The van der Waals surface area contributed by atoms with Gasteiger partial charge in [-0.3, -0.25) is 9.59 Å². The quantitative estimate of drug-likeness (QED) is 0.708. The number of primary amides is 1. The summed E-state index contributed by atoms with van der Waals surface area (Å²) in [6.45, 7) is 4.06. The van der Waals surface area contributed by atoms with E-state index in [1.165, 1.54) is 5.56 Å². The van der Waals surface area contributed by atoms with Crippen LogP contribution in [0.1, 0.15) is 22.3 Å². The normalized spacial score (nSPS) is 11.9. The van der Waals surface area contributed by atoms with Gasteiger partial charge in [-0.1, -0.05) is 60.7 Å². The number of rotatable bonds is 6. The third-order valence-corrected chi connectivity index (χ3v) is 4.87. The molecule has 0 aliphatic carbocycles. The lowest BCUT2D eigenvalue weighted by molar-refractivity contribution is -0.127. The summed E-state index contributed by atoms with van der Waals surface area (Å²) < 4.78 is 0. The summed E-state index contributed by atoms with van der Waals surface area (Å²) >= 11 is 0. The number of hydrogen-bond acceptors (Lipinski definition) is 2. The van der Waals surface area contributed by atoms with E-state index in [1.54, 1.807) is 0 Å². The molecule has 138 valence electrons. The first-order valence-corrected chi connectivity index (χ1v) is 9.05. The van der Waals surface area contributed by atoms with Gasteiger partial charge >= 0.3 is 0 Å². The number of hydrogen-bond donors (Lipinski definition) is 2. The van der Waals surface area contributed by atoms with Crippen LogP contribution in [0.15, 0.2) is 60.7 Å². The van der Waals surface area contributed by atoms with E-state index in [4.69, 9.17) is 5.73 Å². The number of nitrogens with two attached hydrogens (primary N) is 1. The van der Waals surface area contributed by atoms with Crippen molar-refractivity contribution in [2.24, 2.45) is 5.73 Å². The fraction of sp³-hybridized carbons (Fsp3) is 0.217. The summed E-state index contributed by atoms with van der Waals surface area (Å²) in [6.07, 6.45) is 0.599. The highest BCUT2D eigenvalue weighted by atomic mass is 16.2. The summed E-state index contributed by atoms with van der Waals surface area (Å²) in [5, 5.41) is 5.00. The molecule has 0 heterocycles. The molecule has 4 nitrogen and oxygen atoms in total. The fourth-order valence-corrected chi connectivity index (χ4v) is 3.17. The van der Waals surface area contributed by atoms with E-state index in [0.29, 0.717) is 6.42 Å². The van der Waals surface area contributed by atoms with E-state index in [1.807, 2.05) is 74.5 Å². The lowest BCUT2D eigenvalue weighted by Gasteiger charge is -2.16. The Labute approximate surface area is 159 Å². The van der Waals surface area contributed by atoms with Crippen LogP contribution >= 0.6 is 0 Å². The van der Waals surface area contributed by atoms with Crippen molar-refractivity contribution in [1.29, 1.82) is 0 Å². The Kier molecular flexibility index (Phi) is 5.55. The van der Waals surface area contributed by atoms with E-state index < -0.39 is 11.9 Å². The molecule has 3 N–H and O–H groups in total. The van der Waals surface area contributed by atoms with Crippen molar-refractivity contribution in [1.82, 2.24) is 5.32 Å². The van der Waals surface area contributed by atoms with Crippen LogP contribution in [0.3, 0.4) is 0 Å². The highest BCUT2D eigenvalue weighted by molar-refractivity contribution is 5.89. The average molecular weight is 360 g/mol. The molecular weight excluding hydrogens is 336 g/mol. The van der Waals surface area contributed by atoms with Crippen LogP contribution in [0.5, 0.6) is 0 Å². The standard InChI is InChI=1S/C23H24N2O2/c1-15-7-8-17(11-16(15)2)13-21(23(24)27)25-22(26)14-18-9-10-19-5-3-4-6-20(19)12-18/h3-12,21H,13-14H2,1-2H3,(H2,24,27)(H,25,26)/t21-/m0/s1. The molecule has 0 fully saturated rings. The van der Waals surface area contributed by atoms with E-state index >= 15 is 0 Å². The topological polar surface area (TPSA) is 72.2 Å². The van der Waals surface area contributed by atoms with Crippen LogP contribution in [0, 0.1) is 13.8 Å². The maximum absolute atomic E-state index is 12.5. The molecule has 0 aliphatic rings. The Hall–Kier alpha value is -3.14. The smallest absolute Gasteiger partial charge is 0.240 e. The van der Waals surface area contributed by atoms with Gasteiger partial charge in [0.2, 0.25) is 11.8 Å². The number of carbonyl (C=O) groups excluding carboxylic acids is 2. The maximum atomic E-state index is 12.5. The van der Waals surface area contributed by atoms with Crippen molar-refractivity contribution >= 4 is 22.6 Å². The highest BCUT2D eigenvalue weighted by Gasteiger charge is 2.19. The molecule has 27 heavy (non-hydrogen) atoms. The van der Waals surface area contributed by atoms with Gasteiger partial charge in [0.15, 0.2) is 0 Å². The monoisotopic (exact) mass is 360 g/mol. The minimum absolute atomic E-state index is 0.210. The number of benzene rings is 3. The summed E-state index contributed by atoms with van der Waals surface area (Å²) in [6, 6.07) is 19.2. The molecule has 4 heteroatoms. The molecular formula is C23H24N2O2. The Balaban J connectivity index is 1.68. The van der Waals surface area contributed by atoms with Crippen LogP contribution < -0.4 is 11.1 Å². The summed E-state index contributed by atoms with van der Waals surface area (Å²) in [7, 11) is 0. The lowest BCUT2D eigenvalue weighted by Crippen LogP contribution is -2.46. The molecule has 2 amide bonds. The Bertz CT molecular complexity index is 995. The zero-order valence-corrected chi connectivity index (χ0v) is 15.7. The average Bonchev–Trinajstić information content (AvgIpc) is 2.64. The van der Waals surface area contributed by atoms with E-state index in [2.05, 4.69) is 5.32 Å². The van der Waals surface area contributed by atoms with Crippen LogP contribution in [0.4, 0.5) is 0 Å². The van der Waals surface area contributed by atoms with Gasteiger partial charge in [0.05, 0.1) is 6.42 Å². The zero-order valence-electron chi connectivity index (χ0n) is 15.7. The molecule has 0 saturated carbocycles. The van der Waals surface area contributed by atoms with Crippen LogP contribution in [-0.2, 0) is 22.4 Å². The van der Waals surface area contributed by atoms with E-state index in [0.717, 1.165) is 27.5 Å². The van der Waals surface area contributed by atoms with Crippen molar-refractivity contribution in [2.75, 3.05) is 0 Å². The minimum Gasteiger partial charge on any atom is -0.368 e. The summed E-state index contributed by atoms with van der Waals surface area (Å²) in [5.41, 5.74) is 9.74. The Morgan fingerprint density at radius 3 is 2.30 bits per heavy atom. The number of carbonyl (C=O) groups is 2. The number of nitrogens with one attached hydrogen (secondary N) is 1. The molecule has 0 aromatic heterocycles. The van der Waals surface area contributed by atoms with Gasteiger partial charge in [0.1, 0.15) is 6.04 Å². The molecule has 0 radical (unpaired) electrons. The van der Waals surface area contributed by atoms with Crippen LogP contribution in [-0.4, -0.2) is 17.9 Å². The minimum atomic E-state index is -0.722. The third-order valence-electron chi connectivity index (χ3n) is 4.87. The van der Waals surface area contributed by atoms with E-state index in [-0.39, 0.29) is 12.3 Å². The summed E-state index contributed by atoms with van der Waals surface area (Å²) in [5.74, 6) is -0.738. The molecule has 3 aromatic carbocycles. The molecule has 0 bridgehead atoms. The first kappa shape index (κ1) is 18.6. The largest absolute Gasteiger partial charge is 0.368 e. The molecule has 3 aromatic rings. The molecule has 1 atom stereocenters. The van der Waals surface area contributed by atoms with Crippen molar-refractivity contribution in [3.05, 3.63) is 82.9 Å². The first-order chi connectivity index (χ1) is 12.9. The second kappa shape index (κ2) is 8.04. The number of amides is 2.